The van der Waals surface area contributed by atoms with Crippen molar-refractivity contribution in [2.24, 2.45) is 0 Å². The van der Waals surface area contributed by atoms with E-state index in [2.05, 4.69) is 0 Å². The SMILES string of the molecule is COc1ccc(Cn2ccccc2=O)cc1. The van der Waals surface area contributed by atoms with Gasteiger partial charge in [0.2, 0.25) is 0 Å². The maximum absolute atomic E-state index is 11.5. The molecule has 3 nitrogen and oxygen atoms in total. The first-order valence-electron chi connectivity index (χ1n) is 5.08. The van der Waals surface area contributed by atoms with E-state index in [1.165, 1.54) is 0 Å². The van der Waals surface area contributed by atoms with Gasteiger partial charge in [-0.05, 0) is 23.8 Å². The van der Waals surface area contributed by atoms with Crippen molar-refractivity contribution in [2.75, 3.05) is 7.11 Å². The van der Waals surface area contributed by atoms with E-state index >= 15 is 0 Å². The van der Waals surface area contributed by atoms with E-state index in [0.717, 1.165) is 11.3 Å². The van der Waals surface area contributed by atoms with Crippen molar-refractivity contribution >= 4 is 0 Å². The van der Waals surface area contributed by atoms with Crippen LogP contribution in [-0.2, 0) is 6.54 Å². The first kappa shape index (κ1) is 10.5. The minimum absolute atomic E-state index is 0.0123. The summed E-state index contributed by atoms with van der Waals surface area (Å²) in [6.07, 6.45) is 1.78. The van der Waals surface area contributed by atoms with Crippen LogP contribution in [0.25, 0.3) is 0 Å². The zero-order valence-corrected chi connectivity index (χ0v) is 9.09. The van der Waals surface area contributed by atoms with Gasteiger partial charge in [0, 0.05) is 12.3 Å². The van der Waals surface area contributed by atoms with E-state index in [1.54, 1.807) is 30.0 Å². The Balaban J connectivity index is 2.21. The van der Waals surface area contributed by atoms with E-state index in [0.29, 0.717) is 6.54 Å². The summed E-state index contributed by atoms with van der Waals surface area (Å²) in [5.74, 6) is 0.823. The Kier molecular flexibility index (Phi) is 3.05. The molecule has 1 aromatic carbocycles. The lowest BCUT2D eigenvalue weighted by Gasteiger charge is -2.05. The molecule has 0 saturated heterocycles. The molecule has 3 heteroatoms. The van der Waals surface area contributed by atoms with Crippen LogP contribution in [0.15, 0.2) is 53.5 Å². The fourth-order valence-electron chi connectivity index (χ4n) is 1.52. The zero-order valence-electron chi connectivity index (χ0n) is 9.09. The van der Waals surface area contributed by atoms with Crippen molar-refractivity contribution in [3.05, 3.63) is 64.6 Å². The molecule has 82 valence electrons. The number of aromatic nitrogens is 1. The molecular weight excluding hydrogens is 202 g/mol. The van der Waals surface area contributed by atoms with Crippen LogP contribution in [0, 0.1) is 0 Å². The smallest absolute Gasteiger partial charge is 0.250 e. The maximum Gasteiger partial charge on any atom is 0.250 e. The highest BCUT2D eigenvalue weighted by Gasteiger charge is 1.97. The molecule has 0 aliphatic carbocycles. The molecule has 16 heavy (non-hydrogen) atoms. The Morgan fingerprint density at radius 2 is 1.88 bits per heavy atom. The number of benzene rings is 1. The molecule has 0 amide bonds. The molecule has 0 spiro atoms. The highest BCUT2D eigenvalue weighted by Crippen LogP contribution is 2.11. The third kappa shape index (κ3) is 2.31. The van der Waals surface area contributed by atoms with Crippen LogP contribution in [0.2, 0.25) is 0 Å². The monoisotopic (exact) mass is 215 g/mol. The van der Waals surface area contributed by atoms with Crippen LogP contribution in [-0.4, -0.2) is 11.7 Å². The molecule has 1 aromatic heterocycles. The number of pyridine rings is 1. The minimum Gasteiger partial charge on any atom is -0.497 e. The molecule has 0 unspecified atom stereocenters. The summed E-state index contributed by atoms with van der Waals surface area (Å²) >= 11 is 0. The molecule has 0 aliphatic heterocycles. The van der Waals surface area contributed by atoms with Crippen molar-refractivity contribution in [1.29, 1.82) is 0 Å². The van der Waals surface area contributed by atoms with Crippen molar-refractivity contribution in [2.45, 2.75) is 6.54 Å². The van der Waals surface area contributed by atoms with Gasteiger partial charge in [-0.1, -0.05) is 18.2 Å². The molecule has 0 bridgehead atoms. The van der Waals surface area contributed by atoms with E-state index in [9.17, 15) is 4.79 Å². The number of methoxy groups -OCH3 is 1. The molecular formula is C13H13NO2. The van der Waals surface area contributed by atoms with Crippen LogP contribution >= 0.6 is 0 Å². The molecule has 1 heterocycles. The maximum atomic E-state index is 11.5. The van der Waals surface area contributed by atoms with E-state index in [4.69, 9.17) is 4.74 Å². The van der Waals surface area contributed by atoms with Gasteiger partial charge in [-0.3, -0.25) is 4.79 Å². The largest absolute Gasteiger partial charge is 0.497 e. The summed E-state index contributed by atoms with van der Waals surface area (Å²) in [6, 6.07) is 12.9. The van der Waals surface area contributed by atoms with E-state index in [-0.39, 0.29) is 5.56 Å². The normalized spacial score (nSPS) is 10.1. The van der Waals surface area contributed by atoms with Crippen LogP contribution in [0.3, 0.4) is 0 Å². The second-order valence-corrected chi connectivity index (χ2v) is 3.51. The lowest BCUT2D eigenvalue weighted by Crippen LogP contribution is -2.18. The third-order valence-corrected chi connectivity index (χ3v) is 2.41. The molecule has 2 rings (SSSR count). The Hall–Kier alpha value is -2.03. The predicted octanol–water partition coefficient (Wildman–Crippen LogP) is 1.91. The Labute approximate surface area is 93.9 Å². The third-order valence-electron chi connectivity index (χ3n) is 2.41. The van der Waals surface area contributed by atoms with Gasteiger partial charge >= 0.3 is 0 Å². The second kappa shape index (κ2) is 4.66. The summed E-state index contributed by atoms with van der Waals surface area (Å²) in [5.41, 5.74) is 1.09. The van der Waals surface area contributed by atoms with Gasteiger partial charge < -0.3 is 9.30 Å². The summed E-state index contributed by atoms with van der Waals surface area (Å²) in [4.78, 5) is 11.5. The number of rotatable bonds is 3. The Morgan fingerprint density at radius 3 is 2.50 bits per heavy atom. The predicted molar refractivity (Wildman–Crippen MR) is 62.8 cm³/mol. The molecule has 0 aliphatic rings. The van der Waals surface area contributed by atoms with Gasteiger partial charge in [-0.2, -0.15) is 0 Å². The molecule has 0 fully saturated rings. The lowest BCUT2D eigenvalue weighted by atomic mass is 10.2. The number of nitrogens with zero attached hydrogens (tertiary/aromatic N) is 1. The number of ether oxygens (including phenoxy) is 1. The van der Waals surface area contributed by atoms with Gasteiger partial charge in [0.1, 0.15) is 5.75 Å². The summed E-state index contributed by atoms with van der Waals surface area (Å²) in [5, 5.41) is 0. The molecule has 2 aromatic rings. The van der Waals surface area contributed by atoms with E-state index < -0.39 is 0 Å². The summed E-state index contributed by atoms with van der Waals surface area (Å²) in [7, 11) is 1.64. The Bertz CT molecular complexity index is 514. The van der Waals surface area contributed by atoms with Gasteiger partial charge in [-0.15, -0.1) is 0 Å². The van der Waals surface area contributed by atoms with Crippen molar-refractivity contribution in [3.63, 3.8) is 0 Å². The van der Waals surface area contributed by atoms with Gasteiger partial charge in [0.15, 0.2) is 0 Å². The van der Waals surface area contributed by atoms with Crippen LogP contribution in [0.4, 0.5) is 0 Å². The van der Waals surface area contributed by atoms with Gasteiger partial charge in [0.25, 0.3) is 5.56 Å². The number of hydrogen-bond donors (Lipinski definition) is 0. The van der Waals surface area contributed by atoms with Crippen LogP contribution < -0.4 is 10.3 Å². The first-order chi connectivity index (χ1) is 7.79. The molecule has 0 saturated carbocycles. The quantitative estimate of drug-likeness (QED) is 0.783. The fourth-order valence-corrected chi connectivity index (χ4v) is 1.52. The topological polar surface area (TPSA) is 31.2 Å². The van der Waals surface area contributed by atoms with Crippen molar-refractivity contribution < 1.29 is 4.74 Å². The van der Waals surface area contributed by atoms with Gasteiger partial charge in [0.05, 0.1) is 13.7 Å². The second-order valence-electron chi connectivity index (χ2n) is 3.51. The average Bonchev–Trinajstić information content (AvgIpc) is 2.33. The fraction of sp³-hybridized carbons (Fsp3) is 0.154. The summed E-state index contributed by atoms with van der Waals surface area (Å²) in [6.45, 7) is 0.587. The van der Waals surface area contributed by atoms with E-state index in [1.807, 2.05) is 30.3 Å². The average molecular weight is 215 g/mol. The molecule has 0 N–H and O–H groups in total. The van der Waals surface area contributed by atoms with Crippen molar-refractivity contribution in [1.82, 2.24) is 4.57 Å². The van der Waals surface area contributed by atoms with Gasteiger partial charge in [-0.25, -0.2) is 0 Å². The number of hydrogen-bond acceptors (Lipinski definition) is 2. The standard InChI is InChI=1S/C13H13NO2/c1-16-12-7-5-11(6-8-12)10-14-9-3-2-4-13(14)15/h2-9H,10H2,1H3. The molecule has 0 radical (unpaired) electrons. The summed E-state index contributed by atoms with van der Waals surface area (Å²) < 4.78 is 6.74. The lowest BCUT2D eigenvalue weighted by molar-refractivity contribution is 0.414. The van der Waals surface area contributed by atoms with Crippen molar-refractivity contribution in [3.8, 4) is 5.75 Å². The first-order valence-corrected chi connectivity index (χ1v) is 5.08. The Morgan fingerprint density at radius 1 is 1.12 bits per heavy atom. The van der Waals surface area contributed by atoms with Crippen LogP contribution in [0.5, 0.6) is 5.75 Å². The minimum atomic E-state index is 0.0123. The zero-order chi connectivity index (χ0) is 11.4. The highest BCUT2D eigenvalue weighted by atomic mass is 16.5. The molecule has 0 atom stereocenters. The van der Waals surface area contributed by atoms with Crippen LogP contribution in [0.1, 0.15) is 5.56 Å². The highest BCUT2D eigenvalue weighted by molar-refractivity contribution is 5.27.